The number of hydrogen-bond acceptors (Lipinski definition) is 2. The summed E-state index contributed by atoms with van der Waals surface area (Å²) in [7, 11) is 0. The predicted molar refractivity (Wildman–Crippen MR) is 169 cm³/mol. The Labute approximate surface area is 247 Å². The molecule has 2 heterocycles. The van der Waals surface area contributed by atoms with Gasteiger partial charge in [0.15, 0.2) is 0 Å². The fourth-order valence-electron chi connectivity index (χ4n) is 5.94. The summed E-state index contributed by atoms with van der Waals surface area (Å²) in [6, 6.07) is 3.27. The first-order valence-electron chi connectivity index (χ1n) is 16.0. The molecule has 0 amide bonds. The minimum Gasteiger partial charge on any atom is -0.201 e. The van der Waals surface area contributed by atoms with Crippen molar-refractivity contribution in [2.75, 3.05) is 0 Å². The summed E-state index contributed by atoms with van der Waals surface area (Å²) in [5.74, 6) is -6.07. The van der Waals surface area contributed by atoms with Gasteiger partial charge in [-0.05, 0) is 35.7 Å². The molecule has 40 heavy (non-hydrogen) atoms. The fraction of sp³-hybridized carbons (Fsp3) is 0.706. The van der Waals surface area contributed by atoms with E-state index in [0.29, 0.717) is 33.0 Å². The van der Waals surface area contributed by atoms with Crippen molar-refractivity contribution in [3.8, 4) is 0 Å². The van der Waals surface area contributed by atoms with Crippen molar-refractivity contribution in [2.45, 2.75) is 154 Å². The van der Waals surface area contributed by atoms with Gasteiger partial charge in [-0.3, -0.25) is 0 Å². The SMILES string of the molecule is CCCCCCCCCCCC(F)(F)c1c2ccsc2c(C(F)(F)CCCCCCCCCCC)c2ccsc12. The number of hydrogen-bond donors (Lipinski definition) is 0. The van der Waals surface area contributed by atoms with Crippen LogP contribution in [0.25, 0.3) is 20.2 Å². The lowest BCUT2D eigenvalue weighted by Gasteiger charge is -2.23. The van der Waals surface area contributed by atoms with Gasteiger partial charge in [0, 0.05) is 44.1 Å². The normalized spacial score (nSPS) is 12.8. The summed E-state index contributed by atoms with van der Waals surface area (Å²) in [6.07, 6.45) is 18.5. The van der Waals surface area contributed by atoms with E-state index in [4.69, 9.17) is 0 Å². The maximum Gasteiger partial charge on any atom is 0.275 e. The highest BCUT2D eigenvalue weighted by molar-refractivity contribution is 7.19. The van der Waals surface area contributed by atoms with E-state index in [0.717, 1.165) is 38.5 Å². The number of rotatable bonds is 22. The van der Waals surface area contributed by atoms with Crippen molar-refractivity contribution in [1.82, 2.24) is 0 Å². The van der Waals surface area contributed by atoms with Crippen molar-refractivity contribution in [3.05, 3.63) is 34.0 Å². The first kappa shape index (κ1) is 33.4. The zero-order valence-corrected chi connectivity index (χ0v) is 26.4. The zero-order chi connectivity index (χ0) is 28.8. The van der Waals surface area contributed by atoms with E-state index in [1.54, 1.807) is 22.9 Å². The lowest BCUT2D eigenvalue weighted by molar-refractivity contribution is -0.0153. The van der Waals surface area contributed by atoms with Gasteiger partial charge >= 0.3 is 0 Å². The largest absolute Gasteiger partial charge is 0.275 e. The molecule has 0 atom stereocenters. The van der Waals surface area contributed by atoms with Gasteiger partial charge in [-0.1, -0.05) is 117 Å². The van der Waals surface area contributed by atoms with Crippen molar-refractivity contribution >= 4 is 42.8 Å². The third-order valence-electron chi connectivity index (χ3n) is 8.24. The third kappa shape index (κ3) is 9.44. The van der Waals surface area contributed by atoms with E-state index in [1.165, 1.54) is 86.9 Å². The molecule has 0 nitrogen and oxygen atoms in total. The third-order valence-corrected chi connectivity index (χ3v) is 10.1. The van der Waals surface area contributed by atoms with E-state index in [-0.39, 0.29) is 24.0 Å². The van der Waals surface area contributed by atoms with Crippen molar-refractivity contribution in [2.24, 2.45) is 0 Å². The van der Waals surface area contributed by atoms with Gasteiger partial charge in [0.05, 0.1) is 0 Å². The second kappa shape index (κ2) is 17.1. The standard InChI is InChI=1S/C34H50F4S2/c1-3-5-7-9-11-13-15-17-19-23-33(35,36)29-27-21-25-40-32(27)30(28-22-26-39-31(28)29)34(37,38)24-20-18-16-14-12-10-8-6-4-2/h21-22,25-26H,3-20,23-24H2,1-2H3. The van der Waals surface area contributed by atoms with Crippen LogP contribution in [0, 0.1) is 0 Å². The van der Waals surface area contributed by atoms with Crippen LogP contribution in [-0.4, -0.2) is 0 Å². The monoisotopic (exact) mass is 598 g/mol. The lowest BCUT2D eigenvalue weighted by atomic mass is 9.91. The van der Waals surface area contributed by atoms with Crippen molar-refractivity contribution in [1.29, 1.82) is 0 Å². The van der Waals surface area contributed by atoms with Crippen molar-refractivity contribution < 1.29 is 17.6 Å². The van der Waals surface area contributed by atoms with Crippen LogP contribution in [0.2, 0.25) is 0 Å². The maximum absolute atomic E-state index is 15.8. The molecule has 6 heteroatoms. The van der Waals surface area contributed by atoms with Gasteiger partial charge in [0.2, 0.25) is 0 Å². The second-order valence-electron chi connectivity index (χ2n) is 11.6. The summed E-state index contributed by atoms with van der Waals surface area (Å²) in [4.78, 5) is 0. The van der Waals surface area contributed by atoms with Gasteiger partial charge in [-0.25, -0.2) is 17.6 Å². The molecule has 0 aliphatic carbocycles. The van der Waals surface area contributed by atoms with Crippen LogP contribution in [0.1, 0.15) is 153 Å². The predicted octanol–water partition coefficient (Wildman–Crippen LogP) is 14.1. The van der Waals surface area contributed by atoms with E-state index in [1.807, 2.05) is 0 Å². The zero-order valence-electron chi connectivity index (χ0n) is 24.8. The quantitative estimate of drug-likeness (QED) is 0.0797. The highest BCUT2D eigenvalue weighted by Crippen LogP contribution is 2.51. The van der Waals surface area contributed by atoms with Crippen LogP contribution in [0.3, 0.4) is 0 Å². The Balaban J connectivity index is 1.64. The molecule has 0 saturated carbocycles. The molecule has 0 radical (unpaired) electrons. The average Bonchev–Trinajstić information content (AvgIpc) is 3.59. The molecule has 2 aromatic heterocycles. The van der Waals surface area contributed by atoms with Gasteiger partial charge < -0.3 is 0 Å². The van der Waals surface area contributed by atoms with E-state index < -0.39 is 11.8 Å². The van der Waals surface area contributed by atoms with Gasteiger partial charge in [0.25, 0.3) is 11.8 Å². The Morgan fingerprint density at radius 2 is 0.775 bits per heavy atom. The molecule has 0 bridgehead atoms. The molecule has 0 saturated heterocycles. The van der Waals surface area contributed by atoms with Crippen LogP contribution in [0.5, 0.6) is 0 Å². The number of alkyl halides is 4. The summed E-state index contributed by atoms with van der Waals surface area (Å²) in [6.45, 7) is 4.40. The minimum absolute atomic E-state index is 0.0315. The molecule has 1 aromatic carbocycles. The summed E-state index contributed by atoms with van der Waals surface area (Å²) in [5.41, 5.74) is -0.0631. The topological polar surface area (TPSA) is 0 Å². The Morgan fingerprint density at radius 1 is 0.475 bits per heavy atom. The number of thiophene rings is 2. The first-order valence-corrected chi connectivity index (χ1v) is 17.8. The number of halogens is 4. The van der Waals surface area contributed by atoms with Crippen LogP contribution in [0.4, 0.5) is 17.6 Å². The smallest absolute Gasteiger partial charge is 0.201 e. The van der Waals surface area contributed by atoms with Gasteiger partial charge in [0.1, 0.15) is 0 Å². The number of fused-ring (bicyclic) bond motifs is 2. The van der Waals surface area contributed by atoms with E-state index >= 15 is 17.6 Å². The number of unbranched alkanes of at least 4 members (excludes halogenated alkanes) is 16. The molecule has 3 aromatic rings. The van der Waals surface area contributed by atoms with Crippen molar-refractivity contribution in [3.63, 3.8) is 0 Å². The Hall–Kier alpha value is -1.14. The minimum atomic E-state index is -3.03. The van der Waals surface area contributed by atoms with Crippen LogP contribution in [0.15, 0.2) is 22.9 Å². The molecular formula is C34H50F4S2. The molecule has 0 unspecified atom stereocenters. The van der Waals surface area contributed by atoms with Crippen LogP contribution < -0.4 is 0 Å². The first-order chi connectivity index (χ1) is 19.3. The summed E-state index contributed by atoms with van der Waals surface area (Å²) in [5, 5.41) is 4.04. The molecule has 0 aliphatic heterocycles. The second-order valence-corrected chi connectivity index (χ2v) is 13.5. The van der Waals surface area contributed by atoms with Crippen LogP contribution >= 0.6 is 22.7 Å². The molecule has 0 aliphatic rings. The molecule has 0 N–H and O–H groups in total. The molecule has 0 fully saturated rings. The lowest BCUT2D eigenvalue weighted by Crippen LogP contribution is -2.18. The van der Waals surface area contributed by atoms with Crippen LogP contribution in [-0.2, 0) is 11.8 Å². The Kier molecular flexibility index (Phi) is 14.3. The molecule has 0 spiro atoms. The Bertz CT molecular complexity index is 979. The van der Waals surface area contributed by atoms with Gasteiger partial charge in [-0.2, -0.15) is 0 Å². The van der Waals surface area contributed by atoms with E-state index in [9.17, 15) is 0 Å². The average molecular weight is 599 g/mol. The van der Waals surface area contributed by atoms with Gasteiger partial charge in [-0.15, -0.1) is 22.7 Å². The molecule has 3 rings (SSSR count). The van der Waals surface area contributed by atoms with E-state index in [2.05, 4.69) is 13.8 Å². The summed E-state index contributed by atoms with van der Waals surface area (Å²) >= 11 is 2.36. The maximum atomic E-state index is 15.8. The highest BCUT2D eigenvalue weighted by Gasteiger charge is 2.41. The molecular weight excluding hydrogens is 549 g/mol. The summed E-state index contributed by atoms with van der Waals surface area (Å²) < 4.78 is 63.7. The molecule has 226 valence electrons. The highest BCUT2D eigenvalue weighted by atomic mass is 32.1. The Morgan fingerprint density at radius 3 is 1.10 bits per heavy atom. The number of benzene rings is 1. The fourth-order valence-corrected chi connectivity index (χ4v) is 7.96.